The van der Waals surface area contributed by atoms with Crippen molar-refractivity contribution >= 4 is 27.6 Å². The summed E-state index contributed by atoms with van der Waals surface area (Å²) >= 11 is 0. The molecule has 4 heteroatoms. The Labute approximate surface area is 138 Å². The van der Waals surface area contributed by atoms with Crippen molar-refractivity contribution in [1.29, 1.82) is 0 Å². The molecule has 0 aliphatic carbocycles. The molecule has 0 saturated carbocycles. The maximum atomic E-state index is 4.93. The van der Waals surface area contributed by atoms with Crippen LogP contribution in [0.25, 0.3) is 39.0 Å². The summed E-state index contributed by atoms with van der Waals surface area (Å²) in [5, 5.41) is 1.07. The van der Waals surface area contributed by atoms with Gasteiger partial charge in [-0.25, -0.2) is 9.97 Å². The second kappa shape index (κ2) is 4.86. The highest BCUT2D eigenvalue weighted by Crippen LogP contribution is 2.29. The zero-order valence-electron chi connectivity index (χ0n) is 13.1. The highest BCUT2D eigenvalue weighted by atomic mass is 15.1. The average Bonchev–Trinajstić information content (AvgIpc) is 3.02. The van der Waals surface area contributed by atoms with Crippen molar-refractivity contribution in [2.75, 3.05) is 0 Å². The number of rotatable bonds is 1. The minimum absolute atomic E-state index is 0.887. The Morgan fingerprint density at radius 1 is 0.833 bits per heavy atom. The molecule has 5 rings (SSSR count). The highest BCUT2D eigenvalue weighted by Gasteiger charge is 2.14. The van der Waals surface area contributed by atoms with Gasteiger partial charge in [-0.2, -0.15) is 0 Å². The van der Waals surface area contributed by atoms with E-state index in [2.05, 4.69) is 40.6 Å². The normalized spacial score (nSPS) is 11.5. The lowest BCUT2D eigenvalue weighted by atomic mass is 10.1. The molecule has 0 saturated heterocycles. The number of hydrogen-bond acceptors (Lipinski definition) is 3. The number of aromatic nitrogens is 4. The van der Waals surface area contributed by atoms with Crippen LogP contribution in [0.1, 0.15) is 5.56 Å². The fraction of sp³-hybridized carbons (Fsp3) is 0.0500. The summed E-state index contributed by atoms with van der Waals surface area (Å²) in [7, 11) is 0. The van der Waals surface area contributed by atoms with E-state index in [1.807, 2.05) is 30.3 Å². The van der Waals surface area contributed by atoms with Crippen LogP contribution in [0.2, 0.25) is 0 Å². The maximum Gasteiger partial charge on any atom is 0.149 e. The fourth-order valence-corrected chi connectivity index (χ4v) is 3.21. The summed E-state index contributed by atoms with van der Waals surface area (Å²) in [6.45, 7) is 2.09. The standard InChI is InChI=1S/C20H14N4/c1-13-6-7-16-15(12-13)20-23-17-4-2-3-5-18(17)24(20)19(22-16)14-8-10-21-11-9-14/h2-12H,1H3. The third kappa shape index (κ3) is 1.83. The van der Waals surface area contributed by atoms with Crippen LogP contribution in [0.5, 0.6) is 0 Å². The van der Waals surface area contributed by atoms with Crippen LogP contribution in [0, 0.1) is 6.92 Å². The molecule has 24 heavy (non-hydrogen) atoms. The van der Waals surface area contributed by atoms with Crippen molar-refractivity contribution < 1.29 is 0 Å². The molecule has 0 aliphatic heterocycles. The van der Waals surface area contributed by atoms with Crippen LogP contribution in [-0.2, 0) is 0 Å². The number of para-hydroxylation sites is 2. The van der Waals surface area contributed by atoms with Crippen molar-refractivity contribution in [2.24, 2.45) is 0 Å². The highest BCUT2D eigenvalue weighted by molar-refractivity contribution is 5.98. The Balaban J connectivity index is 2.05. The number of pyridine rings is 1. The van der Waals surface area contributed by atoms with Crippen molar-refractivity contribution in [2.45, 2.75) is 6.92 Å². The Morgan fingerprint density at radius 3 is 2.54 bits per heavy atom. The largest absolute Gasteiger partial charge is 0.276 e. The Bertz CT molecular complexity index is 1210. The van der Waals surface area contributed by atoms with Gasteiger partial charge in [-0.05, 0) is 43.3 Å². The van der Waals surface area contributed by atoms with Crippen LogP contribution in [-0.4, -0.2) is 19.4 Å². The van der Waals surface area contributed by atoms with Gasteiger partial charge in [-0.15, -0.1) is 0 Å². The predicted molar refractivity (Wildman–Crippen MR) is 96.0 cm³/mol. The first kappa shape index (κ1) is 13.2. The summed E-state index contributed by atoms with van der Waals surface area (Å²) in [5.41, 5.74) is 6.17. The molecular formula is C20H14N4. The number of nitrogens with zero attached hydrogens (tertiary/aromatic N) is 4. The van der Waals surface area contributed by atoms with Crippen molar-refractivity contribution in [3.8, 4) is 11.4 Å². The van der Waals surface area contributed by atoms with Gasteiger partial charge in [-0.3, -0.25) is 9.38 Å². The molecule has 0 N–H and O–H groups in total. The molecule has 0 bridgehead atoms. The summed E-state index contributed by atoms with van der Waals surface area (Å²) in [6.07, 6.45) is 3.59. The topological polar surface area (TPSA) is 43.1 Å². The quantitative estimate of drug-likeness (QED) is 0.461. The first-order chi connectivity index (χ1) is 11.8. The first-order valence-corrected chi connectivity index (χ1v) is 7.89. The number of hydrogen-bond donors (Lipinski definition) is 0. The first-order valence-electron chi connectivity index (χ1n) is 7.89. The Hall–Kier alpha value is -3.27. The van der Waals surface area contributed by atoms with Gasteiger partial charge < -0.3 is 0 Å². The second-order valence-corrected chi connectivity index (χ2v) is 5.95. The van der Waals surface area contributed by atoms with Crippen LogP contribution in [0.4, 0.5) is 0 Å². The van der Waals surface area contributed by atoms with E-state index in [9.17, 15) is 0 Å². The molecule has 114 valence electrons. The number of fused-ring (bicyclic) bond motifs is 5. The summed E-state index contributed by atoms with van der Waals surface area (Å²) in [6, 6.07) is 18.4. The molecule has 0 atom stereocenters. The molecule has 5 aromatic rings. The average molecular weight is 310 g/mol. The van der Waals surface area contributed by atoms with E-state index in [4.69, 9.17) is 9.97 Å². The fourth-order valence-electron chi connectivity index (χ4n) is 3.21. The third-order valence-corrected chi connectivity index (χ3v) is 4.33. The lowest BCUT2D eigenvalue weighted by Crippen LogP contribution is -1.98. The van der Waals surface area contributed by atoms with Gasteiger partial charge in [0.05, 0.1) is 16.6 Å². The van der Waals surface area contributed by atoms with Gasteiger partial charge in [0, 0.05) is 23.3 Å². The van der Waals surface area contributed by atoms with Crippen molar-refractivity contribution in [3.63, 3.8) is 0 Å². The van der Waals surface area contributed by atoms with E-state index < -0.39 is 0 Å². The van der Waals surface area contributed by atoms with Gasteiger partial charge in [-0.1, -0.05) is 23.8 Å². The van der Waals surface area contributed by atoms with E-state index in [0.29, 0.717) is 0 Å². The molecule has 0 amide bonds. The molecule has 0 fully saturated rings. The Morgan fingerprint density at radius 2 is 1.67 bits per heavy atom. The molecular weight excluding hydrogens is 296 g/mol. The smallest absolute Gasteiger partial charge is 0.149 e. The lowest BCUT2D eigenvalue weighted by molar-refractivity contribution is 1.15. The van der Waals surface area contributed by atoms with Crippen LogP contribution in [0.3, 0.4) is 0 Å². The van der Waals surface area contributed by atoms with Crippen molar-refractivity contribution in [3.05, 3.63) is 72.6 Å². The van der Waals surface area contributed by atoms with Gasteiger partial charge in [0.25, 0.3) is 0 Å². The lowest BCUT2D eigenvalue weighted by Gasteiger charge is -2.09. The molecule has 2 aromatic carbocycles. The van der Waals surface area contributed by atoms with Crippen molar-refractivity contribution in [1.82, 2.24) is 19.4 Å². The zero-order valence-corrected chi connectivity index (χ0v) is 13.1. The molecule has 0 radical (unpaired) electrons. The maximum absolute atomic E-state index is 4.93. The van der Waals surface area contributed by atoms with E-state index in [1.165, 1.54) is 5.56 Å². The van der Waals surface area contributed by atoms with Crippen LogP contribution >= 0.6 is 0 Å². The molecule has 3 heterocycles. The third-order valence-electron chi connectivity index (χ3n) is 4.33. The molecule has 0 unspecified atom stereocenters. The molecule has 3 aromatic heterocycles. The number of benzene rings is 2. The molecule has 4 nitrogen and oxygen atoms in total. The van der Waals surface area contributed by atoms with E-state index in [-0.39, 0.29) is 0 Å². The Kier molecular flexibility index (Phi) is 2.67. The van der Waals surface area contributed by atoms with E-state index >= 15 is 0 Å². The molecule has 0 aliphatic rings. The summed E-state index contributed by atoms with van der Waals surface area (Å²) in [5.74, 6) is 0.887. The number of aryl methyl sites for hydroxylation is 1. The van der Waals surface area contributed by atoms with Gasteiger partial charge in [0.15, 0.2) is 0 Å². The summed E-state index contributed by atoms with van der Waals surface area (Å²) < 4.78 is 2.15. The van der Waals surface area contributed by atoms with Crippen LogP contribution in [0.15, 0.2) is 67.0 Å². The zero-order chi connectivity index (χ0) is 16.1. The summed E-state index contributed by atoms with van der Waals surface area (Å²) in [4.78, 5) is 13.9. The van der Waals surface area contributed by atoms with E-state index in [1.54, 1.807) is 12.4 Å². The SMILES string of the molecule is Cc1ccc2nc(-c3ccncc3)n3c4ccccc4nc3c2c1. The second-order valence-electron chi connectivity index (χ2n) is 5.95. The van der Waals surface area contributed by atoms with Gasteiger partial charge in [0.1, 0.15) is 11.5 Å². The van der Waals surface area contributed by atoms with Gasteiger partial charge >= 0.3 is 0 Å². The predicted octanol–water partition coefficient (Wildman–Crippen LogP) is 4.41. The number of imidazole rings is 1. The van der Waals surface area contributed by atoms with E-state index in [0.717, 1.165) is 39.0 Å². The minimum Gasteiger partial charge on any atom is -0.276 e. The minimum atomic E-state index is 0.887. The monoisotopic (exact) mass is 310 g/mol. The molecule has 0 spiro atoms. The van der Waals surface area contributed by atoms with Crippen LogP contribution < -0.4 is 0 Å². The van der Waals surface area contributed by atoms with Gasteiger partial charge in [0.2, 0.25) is 0 Å².